The lowest BCUT2D eigenvalue weighted by Crippen LogP contribution is -2.29. The first-order valence-corrected chi connectivity index (χ1v) is 5.27. The Hall–Kier alpha value is -0.340. The van der Waals surface area contributed by atoms with E-state index in [0.717, 1.165) is 13.2 Å². The average molecular weight is 183 g/mol. The highest BCUT2D eigenvalue weighted by Crippen LogP contribution is 2.29. The van der Waals surface area contributed by atoms with Gasteiger partial charge in [0.1, 0.15) is 0 Å². The fourth-order valence-electron chi connectivity index (χ4n) is 2.12. The first kappa shape index (κ1) is 10.7. The van der Waals surface area contributed by atoms with Crippen LogP contribution in [-0.4, -0.2) is 19.8 Å². The predicted molar refractivity (Wildman–Crippen MR) is 55.5 cm³/mol. The van der Waals surface area contributed by atoms with Crippen LogP contribution in [0, 0.1) is 11.8 Å². The van der Waals surface area contributed by atoms with Crippen LogP contribution in [0.2, 0.25) is 0 Å². The van der Waals surface area contributed by atoms with Crippen LogP contribution in [0.1, 0.15) is 25.7 Å². The van der Waals surface area contributed by atoms with Crippen LogP contribution in [-0.2, 0) is 4.74 Å². The largest absolute Gasteiger partial charge is 0.377 e. The van der Waals surface area contributed by atoms with Gasteiger partial charge in [-0.3, -0.25) is 0 Å². The molecule has 0 saturated heterocycles. The van der Waals surface area contributed by atoms with Crippen LogP contribution in [0.3, 0.4) is 0 Å². The molecule has 2 heteroatoms. The molecular formula is C11H21NO. The summed E-state index contributed by atoms with van der Waals surface area (Å²) >= 11 is 0. The molecule has 0 heterocycles. The van der Waals surface area contributed by atoms with Crippen LogP contribution in [0.25, 0.3) is 0 Å². The Labute approximate surface area is 81.1 Å². The zero-order valence-corrected chi connectivity index (χ0v) is 8.37. The highest BCUT2D eigenvalue weighted by Gasteiger charge is 2.23. The molecule has 1 fully saturated rings. The monoisotopic (exact) mass is 183 g/mol. The van der Waals surface area contributed by atoms with Crippen molar-refractivity contribution in [1.82, 2.24) is 0 Å². The molecule has 1 aliphatic rings. The number of nitrogens with two attached hydrogens (primary N) is 1. The van der Waals surface area contributed by atoms with Gasteiger partial charge in [0.2, 0.25) is 0 Å². The lowest BCUT2D eigenvalue weighted by molar-refractivity contribution is 0.0772. The van der Waals surface area contributed by atoms with E-state index in [9.17, 15) is 0 Å². The van der Waals surface area contributed by atoms with Crippen molar-refractivity contribution in [3.05, 3.63) is 12.7 Å². The standard InChI is InChI=1S/C11H21NO/c1-2-7-13-9-11-6-4-3-5-10(11)8-12/h2,10-11H,1,3-9,12H2. The Kier molecular flexibility index (Phi) is 5.09. The van der Waals surface area contributed by atoms with Gasteiger partial charge in [-0.1, -0.05) is 18.9 Å². The van der Waals surface area contributed by atoms with E-state index in [1.807, 2.05) is 0 Å². The molecule has 2 atom stereocenters. The number of hydrogen-bond acceptors (Lipinski definition) is 2. The highest BCUT2D eigenvalue weighted by molar-refractivity contribution is 4.76. The molecule has 1 rings (SSSR count). The Morgan fingerprint density at radius 2 is 2.00 bits per heavy atom. The lowest BCUT2D eigenvalue weighted by atomic mass is 9.80. The molecule has 76 valence electrons. The maximum atomic E-state index is 5.72. The molecule has 2 unspecified atom stereocenters. The third-order valence-electron chi connectivity index (χ3n) is 2.94. The Bertz CT molecular complexity index is 147. The van der Waals surface area contributed by atoms with Crippen molar-refractivity contribution in [3.8, 4) is 0 Å². The van der Waals surface area contributed by atoms with E-state index >= 15 is 0 Å². The predicted octanol–water partition coefficient (Wildman–Crippen LogP) is 1.95. The number of rotatable bonds is 5. The van der Waals surface area contributed by atoms with E-state index in [2.05, 4.69) is 6.58 Å². The Morgan fingerprint density at radius 3 is 2.62 bits per heavy atom. The van der Waals surface area contributed by atoms with Gasteiger partial charge in [-0.2, -0.15) is 0 Å². The lowest BCUT2D eigenvalue weighted by Gasteiger charge is -2.30. The van der Waals surface area contributed by atoms with Crippen LogP contribution in [0.4, 0.5) is 0 Å². The van der Waals surface area contributed by atoms with Crippen molar-refractivity contribution in [1.29, 1.82) is 0 Å². The second-order valence-electron chi connectivity index (χ2n) is 3.87. The third-order valence-corrected chi connectivity index (χ3v) is 2.94. The molecule has 13 heavy (non-hydrogen) atoms. The zero-order valence-electron chi connectivity index (χ0n) is 8.37. The van der Waals surface area contributed by atoms with Gasteiger partial charge < -0.3 is 10.5 Å². The number of hydrogen-bond donors (Lipinski definition) is 1. The van der Waals surface area contributed by atoms with Crippen LogP contribution in [0.15, 0.2) is 12.7 Å². The van der Waals surface area contributed by atoms with Gasteiger partial charge in [0.15, 0.2) is 0 Å². The summed E-state index contributed by atoms with van der Waals surface area (Å²) in [5.74, 6) is 1.39. The maximum absolute atomic E-state index is 5.72. The minimum atomic E-state index is 0.674. The van der Waals surface area contributed by atoms with Crippen molar-refractivity contribution in [2.24, 2.45) is 17.6 Å². The van der Waals surface area contributed by atoms with E-state index in [1.165, 1.54) is 25.7 Å². The summed E-state index contributed by atoms with van der Waals surface area (Å²) in [5.41, 5.74) is 5.72. The van der Waals surface area contributed by atoms with E-state index in [-0.39, 0.29) is 0 Å². The van der Waals surface area contributed by atoms with E-state index in [4.69, 9.17) is 10.5 Å². The fourth-order valence-corrected chi connectivity index (χ4v) is 2.12. The van der Waals surface area contributed by atoms with Gasteiger partial charge >= 0.3 is 0 Å². The zero-order chi connectivity index (χ0) is 9.52. The summed E-state index contributed by atoms with van der Waals surface area (Å²) in [6, 6.07) is 0. The van der Waals surface area contributed by atoms with Crippen LogP contribution < -0.4 is 5.73 Å². The normalized spacial score (nSPS) is 28.7. The molecule has 1 aliphatic carbocycles. The van der Waals surface area contributed by atoms with E-state index < -0.39 is 0 Å². The minimum absolute atomic E-state index is 0.674. The quantitative estimate of drug-likeness (QED) is 0.522. The third kappa shape index (κ3) is 3.49. The van der Waals surface area contributed by atoms with Crippen molar-refractivity contribution in [2.75, 3.05) is 19.8 Å². The second-order valence-corrected chi connectivity index (χ2v) is 3.87. The summed E-state index contributed by atoms with van der Waals surface area (Å²) < 4.78 is 5.48. The minimum Gasteiger partial charge on any atom is -0.377 e. The van der Waals surface area contributed by atoms with Gasteiger partial charge in [-0.25, -0.2) is 0 Å². The molecule has 0 spiro atoms. The topological polar surface area (TPSA) is 35.2 Å². The molecule has 0 aromatic rings. The summed E-state index contributed by atoms with van der Waals surface area (Å²) in [5, 5.41) is 0. The van der Waals surface area contributed by atoms with E-state index in [1.54, 1.807) is 6.08 Å². The maximum Gasteiger partial charge on any atom is 0.0644 e. The van der Waals surface area contributed by atoms with Gasteiger partial charge in [0.05, 0.1) is 13.2 Å². The molecule has 0 aliphatic heterocycles. The van der Waals surface area contributed by atoms with Crippen molar-refractivity contribution in [3.63, 3.8) is 0 Å². The molecule has 0 amide bonds. The molecule has 0 bridgehead atoms. The van der Waals surface area contributed by atoms with Crippen LogP contribution >= 0.6 is 0 Å². The summed E-state index contributed by atoms with van der Waals surface area (Å²) in [6.45, 7) is 6.00. The Morgan fingerprint density at radius 1 is 1.31 bits per heavy atom. The molecule has 2 N–H and O–H groups in total. The Balaban J connectivity index is 2.23. The summed E-state index contributed by atoms with van der Waals surface area (Å²) in [7, 11) is 0. The van der Waals surface area contributed by atoms with Gasteiger partial charge in [0, 0.05) is 0 Å². The highest BCUT2D eigenvalue weighted by atomic mass is 16.5. The van der Waals surface area contributed by atoms with Gasteiger partial charge in [-0.15, -0.1) is 6.58 Å². The average Bonchev–Trinajstić information content (AvgIpc) is 2.19. The molecule has 0 radical (unpaired) electrons. The SMILES string of the molecule is C=CCOCC1CCCCC1CN. The van der Waals surface area contributed by atoms with Gasteiger partial charge in [0.25, 0.3) is 0 Å². The summed E-state index contributed by atoms with van der Waals surface area (Å²) in [6.07, 6.45) is 7.08. The molecular weight excluding hydrogens is 162 g/mol. The number of ether oxygens (including phenoxy) is 1. The molecule has 0 aromatic heterocycles. The van der Waals surface area contributed by atoms with Gasteiger partial charge in [-0.05, 0) is 31.2 Å². The van der Waals surface area contributed by atoms with Crippen LogP contribution in [0.5, 0.6) is 0 Å². The summed E-state index contributed by atoms with van der Waals surface area (Å²) in [4.78, 5) is 0. The van der Waals surface area contributed by atoms with Crippen molar-refractivity contribution in [2.45, 2.75) is 25.7 Å². The second kappa shape index (κ2) is 6.17. The van der Waals surface area contributed by atoms with Crippen molar-refractivity contribution < 1.29 is 4.74 Å². The molecule has 1 saturated carbocycles. The molecule has 2 nitrogen and oxygen atoms in total. The fraction of sp³-hybridized carbons (Fsp3) is 0.818. The van der Waals surface area contributed by atoms with E-state index in [0.29, 0.717) is 18.4 Å². The molecule has 0 aromatic carbocycles. The van der Waals surface area contributed by atoms with Crippen molar-refractivity contribution >= 4 is 0 Å². The smallest absolute Gasteiger partial charge is 0.0644 e. The first-order chi connectivity index (χ1) is 6.38. The first-order valence-electron chi connectivity index (χ1n) is 5.27.